The fraction of sp³-hybridized carbons (Fsp3) is 0.562. The largest absolute Gasteiger partial charge is 0.336 e. The van der Waals surface area contributed by atoms with E-state index in [9.17, 15) is 9.18 Å². The number of nitrogens with zero attached hydrogens (tertiary/aromatic N) is 1. The number of halogens is 2. The molecule has 1 aromatic rings. The Morgan fingerprint density at radius 1 is 1.52 bits per heavy atom. The van der Waals surface area contributed by atoms with Crippen LogP contribution in [-0.4, -0.2) is 36.5 Å². The lowest BCUT2D eigenvalue weighted by Crippen LogP contribution is -2.44. The molecule has 2 rings (SSSR count). The maximum Gasteiger partial charge on any atom is 0.255 e. The molecule has 21 heavy (non-hydrogen) atoms. The number of amides is 1. The molecule has 0 aliphatic carbocycles. The number of rotatable bonds is 4. The maximum atomic E-state index is 13.5. The Morgan fingerprint density at radius 3 is 2.90 bits per heavy atom. The maximum absolute atomic E-state index is 13.5. The summed E-state index contributed by atoms with van der Waals surface area (Å²) in [5, 5.41) is 3.27. The van der Waals surface area contributed by atoms with Crippen molar-refractivity contribution in [2.75, 3.05) is 19.6 Å². The Morgan fingerprint density at radius 2 is 2.29 bits per heavy atom. The summed E-state index contributed by atoms with van der Waals surface area (Å²) in [4.78, 5) is 14.5. The van der Waals surface area contributed by atoms with Crippen LogP contribution in [-0.2, 0) is 0 Å². The van der Waals surface area contributed by atoms with E-state index in [0.717, 1.165) is 25.9 Å². The number of nitrogens with one attached hydrogen (secondary N) is 1. The molecular weight excluding hydrogens is 291 g/mol. The second kappa shape index (κ2) is 7.23. The van der Waals surface area contributed by atoms with E-state index in [4.69, 9.17) is 11.6 Å². The molecule has 1 N–H and O–H groups in total. The quantitative estimate of drug-likeness (QED) is 0.925. The Hall–Kier alpha value is -1.13. The van der Waals surface area contributed by atoms with Crippen LogP contribution in [0.5, 0.6) is 0 Å². The average Bonchev–Trinajstić information content (AvgIpc) is 2.48. The third-order valence-corrected chi connectivity index (χ3v) is 4.30. The second-order valence-corrected chi connectivity index (χ2v) is 6.24. The van der Waals surface area contributed by atoms with Crippen LogP contribution in [0.15, 0.2) is 18.2 Å². The molecule has 0 aromatic heterocycles. The summed E-state index contributed by atoms with van der Waals surface area (Å²) in [6, 6.07) is 4.43. The summed E-state index contributed by atoms with van der Waals surface area (Å²) in [6.07, 6.45) is 2.24. The molecule has 1 aliphatic rings. The van der Waals surface area contributed by atoms with Gasteiger partial charge in [0.05, 0.1) is 10.6 Å². The van der Waals surface area contributed by atoms with E-state index in [0.29, 0.717) is 12.5 Å². The normalized spacial score (nSPS) is 18.8. The number of hydrogen-bond acceptors (Lipinski definition) is 2. The zero-order valence-corrected chi connectivity index (χ0v) is 13.3. The van der Waals surface area contributed by atoms with Crippen molar-refractivity contribution < 1.29 is 9.18 Å². The molecule has 1 fully saturated rings. The monoisotopic (exact) mass is 312 g/mol. The lowest BCUT2D eigenvalue weighted by molar-refractivity contribution is 0.0660. The van der Waals surface area contributed by atoms with Gasteiger partial charge in [-0.05, 0) is 57.8 Å². The number of benzene rings is 1. The smallest absolute Gasteiger partial charge is 0.255 e. The molecule has 0 saturated carbocycles. The predicted molar refractivity (Wildman–Crippen MR) is 83.2 cm³/mol. The minimum Gasteiger partial charge on any atom is -0.336 e. The van der Waals surface area contributed by atoms with E-state index in [2.05, 4.69) is 5.32 Å². The molecule has 1 heterocycles. The van der Waals surface area contributed by atoms with E-state index in [1.165, 1.54) is 12.1 Å². The van der Waals surface area contributed by atoms with Gasteiger partial charge < -0.3 is 10.2 Å². The summed E-state index contributed by atoms with van der Waals surface area (Å²) in [7, 11) is 0. The van der Waals surface area contributed by atoms with Crippen LogP contribution >= 0.6 is 11.6 Å². The highest BCUT2D eigenvalue weighted by atomic mass is 35.5. The van der Waals surface area contributed by atoms with Gasteiger partial charge >= 0.3 is 0 Å². The predicted octanol–water partition coefficient (Wildman–Crippen LogP) is 3.33. The minimum absolute atomic E-state index is 0.0544. The van der Waals surface area contributed by atoms with Gasteiger partial charge in [-0.2, -0.15) is 0 Å². The van der Waals surface area contributed by atoms with Gasteiger partial charge in [-0.25, -0.2) is 4.39 Å². The fourth-order valence-corrected chi connectivity index (χ4v) is 2.92. The topological polar surface area (TPSA) is 32.3 Å². The van der Waals surface area contributed by atoms with E-state index >= 15 is 0 Å². The van der Waals surface area contributed by atoms with Crippen molar-refractivity contribution in [2.45, 2.75) is 32.7 Å². The van der Waals surface area contributed by atoms with Crippen LogP contribution in [0.25, 0.3) is 0 Å². The van der Waals surface area contributed by atoms with Crippen molar-refractivity contribution >= 4 is 17.5 Å². The van der Waals surface area contributed by atoms with Gasteiger partial charge in [0.1, 0.15) is 5.82 Å². The van der Waals surface area contributed by atoms with E-state index in [1.807, 2.05) is 13.8 Å². The Kier molecular flexibility index (Phi) is 5.59. The van der Waals surface area contributed by atoms with Gasteiger partial charge in [0.25, 0.3) is 5.91 Å². The minimum atomic E-state index is -0.550. The van der Waals surface area contributed by atoms with Crippen LogP contribution in [0.4, 0.5) is 4.39 Å². The Labute approximate surface area is 130 Å². The van der Waals surface area contributed by atoms with E-state index in [1.54, 1.807) is 11.0 Å². The number of piperidine rings is 1. The van der Waals surface area contributed by atoms with Crippen molar-refractivity contribution in [3.8, 4) is 0 Å². The molecule has 1 amide bonds. The Balaban J connectivity index is 2.17. The molecule has 1 unspecified atom stereocenters. The highest BCUT2D eigenvalue weighted by molar-refractivity contribution is 6.34. The molecule has 1 aliphatic heterocycles. The SMILES string of the molecule is CC(C)N(CC1CCCNC1)C(=O)c1cccc(F)c1Cl. The second-order valence-electron chi connectivity index (χ2n) is 5.87. The third kappa shape index (κ3) is 3.95. The summed E-state index contributed by atoms with van der Waals surface area (Å²) in [5.74, 6) is -0.303. The lowest BCUT2D eigenvalue weighted by atomic mass is 9.98. The van der Waals surface area contributed by atoms with Gasteiger partial charge in [-0.1, -0.05) is 17.7 Å². The zero-order valence-electron chi connectivity index (χ0n) is 12.5. The van der Waals surface area contributed by atoms with Gasteiger partial charge in [0.15, 0.2) is 0 Å². The van der Waals surface area contributed by atoms with E-state index < -0.39 is 5.82 Å². The molecular formula is C16H22ClFN2O. The summed E-state index contributed by atoms with van der Waals surface area (Å²) < 4.78 is 13.5. The summed E-state index contributed by atoms with van der Waals surface area (Å²) in [5.41, 5.74) is 0.245. The first-order valence-electron chi connectivity index (χ1n) is 7.46. The average molecular weight is 313 g/mol. The summed E-state index contributed by atoms with van der Waals surface area (Å²) in [6.45, 7) is 6.59. The molecule has 0 radical (unpaired) electrons. The van der Waals surface area contributed by atoms with Crippen LogP contribution in [0.2, 0.25) is 5.02 Å². The number of hydrogen-bond donors (Lipinski definition) is 1. The van der Waals surface area contributed by atoms with Crippen molar-refractivity contribution in [3.63, 3.8) is 0 Å². The van der Waals surface area contributed by atoms with Crippen molar-refractivity contribution in [1.82, 2.24) is 10.2 Å². The molecule has 1 aromatic carbocycles. The van der Waals surface area contributed by atoms with Crippen molar-refractivity contribution in [2.24, 2.45) is 5.92 Å². The van der Waals surface area contributed by atoms with Crippen LogP contribution in [0, 0.1) is 11.7 Å². The zero-order chi connectivity index (χ0) is 15.4. The fourth-order valence-electron chi connectivity index (χ4n) is 2.71. The molecule has 0 bridgehead atoms. The van der Waals surface area contributed by atoms with Gasteiger partial charge in [-0.15, -0.1) is 0 Å². The Bertz CT molecular complexity index is 501. The molecule has 3 nitrogen and oxygen atoms in total. The number of carbonyl (C=O) groups excluding carboxylic acids is 1. The first kappa shape index (κ1) is 16.2. The first-order valence-corrected chi connectivity index (χ1v) is 7.84. The van der Waals surface area contributed by atoms with Crippen LogP contribution in [0.1, 0.15) is 37.0 Å². The van der Waals surface area contributed by atoms with Gasteiger partial charge in [0, 0.05) is 12.6 Å². The molecule has 0 spiro atoms. The highest BCUT2D eigenvalue weighted by Crippen LogP contribution is 2.23. The molecule has 5 heteroatoms. The van der Waals surface area contributed by atoms with Crippen LogP contribution in [0.3, 0.4) is 0 Å². The standard InChI is InChI=1S/C16H22ClFN2O/c1-11(2)20(10-12-5-4-8-19-9-12)16(21)13-6-3-7-14(18)15(13)17/h3,6-7,11-12,19H,4-5,8-10H2,1-2H3. The number of carbonyl (C=O) groups is 1. The molecule has 1 atom stereocenters. The van der Waals surface area contributed by atoms with Crippen LogP contribution < -0.4 is 5.32 Å². The van der Waals surface area contributed by atoms with Crippen molar-refractivity contribution in [1.29, 1.82) is 0 Å². The molecule has 1 saturated heterocycles. The van der Waals surface area contributed by atoms with Gasteiger partial charge in [0.2, 0.25) is 0 Å². The summed E-state index contributed by atoms with van der Waals surface area (Å²) >= 11 is 5.94. The first-order chi connectivity index (χ1) is 10.0. The highest BCUT2D eigenvalue weighted by Gasteiger charge is 2.25. The molecule has 116 valence electrons. The third-order valence-electron chi connectivity index (χ3n) is 3.92. The van der Waals surface area contributed by atoms with Gasteiger partial charge in [-0.3, -0.25) is 4.79 Å². The van der Waals surface area contributed by atoms with E-state index in [-0.39, 0.29) is 22.5 Å². The van der Waals surface area contributed by atoms with Crippen molar-refractivity contribution in [3.05, 3.63) is 34.6 Å². The lowest BCUT2D eigenvalue weighted by Gasteiger charge is -2.33.